The minimum absolute atomic E-state index is 0.0201. The number of anilines is 1. The van der Waals surface area contributed by atoms with Gasteiger partial charge in [0.25, 0.3) is 5.91 Å². The predicted molar refractivity (Wildman–Crippen MR) is 67.8 cm³/mol. The Hall–Kier alpha value is -2.43. The molecule has 0 fully saturated rings. The Balaban J connectivity index is 2.00. The number of pyridine rings is 1. The second-order valence-electron chi connectivity index (χ2n) is 4.13. The molecule has 1 amide bonds. The summed E-state index contributed by atoms with van der Waals surface area (Å²) in [5, 5.41) is 0. The Labute approximate surface area is 109 Å². The number of aromatic nitrogens is 1. The second-order valence-corrected chi connectivity index (χ2v) is 4.13. The maximum atomic E-state index is 13.6. The van der Waals surface area contributed by atoms with Gasteiger partial charge in [-0.1, -0.05) is 12.1 Å². The molecular weight excluding hydrogens is 247 g/mol. The summed E-state index contributed by atoms with van der Waals surface area (Å²) in [7, 11) is 0. The lowest BCUT2D eigenvalue weighted by atomic mass is 10.1. The highest BCUT2D eigenvalue weighted by Crippen LogP contribution is 2.32. The third-order valence-corrected chi connectivity index (χ3v) is 2.98. The first-order valence-electron chi connectivity index (χ1n) is 5.90. The van der Waals surface area contributed by atoms with Crippen molar-refractivity contribution in [3.63, 3.8) is 0 Å². The topological polar surface area (TPSA) is 42.4 Å². The number of para-hydroxylation sites is 2. The Morgan fingerprint density at radius 1 is 1.32 bits per heavy atom. The van der Waals surface area contributed by atoms with E-state index >= 15 is 0 Å². The van der Waals surface area contributed by atoms with Gasteiger partial charge in [-0.3, -0.25) is 9.78 Å². The number of carbonyl (C=O) groups is 1. The summed E-state index contributed by atoms with van der Waals surface area (Å²) in [6.07, 6.45) is 2.45. The molecule has 4 nitrogen and oxygen atoms in total. The molecule has 0 spiro atoms. The molecule has 1 aromatic carbocycles. The van der Waals surface area contributed by atoms with Gasteiger partial charge >= 0.3 is 0 Å². The summed E-state index contributed by atoms with van der Waals surface area (Å²) in [4.78, 5) is 17.6. The maximum Gasteiger partial charge on any atom is 0.261 e. The molecule has 2 heterocycles. The van der Waals surface area contributed by atoms with Crippen LogP contribution in [0.4, 0.5) is 10.1 Å². The van der Waals surface area contributed by atoms with E-state index in [-0.39, 0.29) is 11.5 Å². The van der Waals surface area contributed by atoms with Crippen LogP contribution in [0.2, 0.25) is 0 Å². The predicted octanol–water partition coefficient (Wildman–Crippen LogP) is 2.26. The molecular formula is C14H11FN2O2. The highest BCUT2D eigenvalue weighted by atomic mass is 19.1. The van der Waals surface area contributed by atoms with E-state index < -0.39 is 5.82 Å². The van der Waals surface area contributed by atoms with Crippen molar-refractivity contribution in [2.24, 2.45) is 0 Å². The SMILES string of the molecule is O=C(c1ccncc1F)N1CCOc2ccccc21. The van der Waals surface area contributed by atoms with E-state index in [9.17, 15) is 9.18 Å². The Kier molecular flexibility index (Phi) is 2.87. The van der Waals surface area contributed by atoms with Crippen LogP contribution in [0.25, 0.3) is 0 Å². The van der Waals surface area contributed by atoms with Crippen molar-refractivity contribution in [1.82, 2.24) is 4.98 Å². The van der Waals surface area contributed by atoms with Crippen molar-refractivity contribution in [3.05, 3.63) is 54.1 Å². The van der Waals surface area contributed by atoms with Gasteiger partial charge in [0.1, 0.15) is 12.4 Å². The van der Waals surface area contributed by atoms with E-state index in [1.165, 1.54) is 17.2 Å². The van der Waals surface area contributed by atoms with Gasteiger partial charge in [0.15, 0.2) is 5.82 Å². The largest absolute Gasteiger partial charge is 0.490 e. The fourth-order valence-corrected chi connectivity index (χ4v) is 2.07. The first-order valence-corrected chi connectivity index (χ1v) is 5.90. The van der Waals surface area contributed by atoms with Crippen molar-refractivity contribution in [1.29, 1.82) is 0 Å². The van der Waals surface area contributed by atoms with Gasteiger partial charge in [-0.25, -0.2) is 4.39 Å². The Morgan fingerprint density at radius 2 is 2.16 bits per heavy atom. The van der Waals surface area contributed by atoms with E-state index in [2.05, 4.69) is 4.98 Å². The van der Waals surface area contributed by atoms with Gasteiger partial charge in [0.05, 0.1) is 24.0 Å². The zero-order valence-electron chi connectivity index (χ0n) is 10.0. The minimum Gasteiger partial charge on any atom is -0.490 e. The number of ether oxygens (including phenoxy) is 1. The monoisotopic (exact) mass is 258 g/mol. The third kappa shape index (κ3) is 2.03. The molecule has 19 heavy (non-hydrogen) atoms. The molecule has 5 heteroatoms. The number of benzene rings is 1. The zero-order valence-corrected chi connectivity index (χ0v) is 10.0. The Morgan fingerprint density at radius 3 is 3.00 bits per heavy atom. The summed E-state index contributed by atoms with van der Waals surface area (Å²) < 4.78 is 19.1. The van der Waals surface area contributed by atoms with E-state index in [1.807, 2.05) is 12.1 Å². The van der Waals surface area contributed by atoms with Crippen molar-refractivity contribution < 1.29 is 13.9 Å². The average Bonchev–Trinajstić information content (AvgIpc) is 2.46. The van der Waals surface area contributed by atoms with Crippen molar-refractivity contribution in [2.45, 2.75) is 0 Å². The molecule has 0 aliphatic carbocycles. The molecule has 1 aliphatic heterocycles. The first kappa shape index (κ1) is 11.6. The average molecular weight is 258 g/mol. The minimum atomic E-state index is -0.614. The van der Waals surface area contributed by atoms with Crippen LogP contribution >= 0.6 is 0 Å². The van der Waals surface area contributed by atoms with E-state index in [4.69, 9.17) is 4.74 Å². The number of nitrogens with zero attached hydrogens (tertiary/aromatic N) is 2. The van der Waals surface area contributed by atoms with Crippen LogP contribution in [0.15, 0.2) is 42.7 Å². The number of hydrogen-bond acceptors (Lipinski definition) is 3. The van der Waals surface area contributed by atoms with Crippen LogP contribution in [0.3, 0.4) is 0 Å². The van der Waals surface area contributed by atoms with Crippen LogP contribution in [0.1, 0.15) is 10.4 Å². The highest BCUT2D eigenvalue weighted by molar-refractivity contribution is 6.07. The number of rotatable bonds is 1. The van der Waals surface area contributed by atoms with Gasteiger partial charge in [0.2, 0.25) is 0 Å². The Bertz CT molecular complexity index is 630. The number of amides is 1. The van der Waals surface area contributed by atoms with Gasteiger partial charge < -0.3 is 9.64 Å². The molecule has 0 atom stereocenters. The maximum absolute atomic E-state index is 13.6. The summed E-state index contributed by atoms with van der Waals surface area (Å²) in [6, 6.07) is 8.61. The fourth-order valence-electron chi connectivity index (χ4n) is 2.07. The molecule has 0 unspecified atom stereocenters. The fraction of sp³-hybridized carbons (Fsp3) is 0.143. The zero-order chi connectivity index (χ0) is 13.2. The normalized spacial score (nSPS) is 13.6. The van der Waals surface area contributed by atoms with Gasteiger partial charge in [-0.2, -0.15) is 0 Å². The number of fused-ring (bicyclic) bond motifs is 1. The lowest BCUT2D eigenvalue weighted by molar-refractivity contribution is 0.0972. The van der Waals surface area contributed by atoms with Crippen LogP contribution in [0, 0.1) is 5.82 Å². The van der Waals surface area contributed by atoms with Crippen molar-refractivity contribution >= 4 is 11.6 Å². The molecule has 1 aromatic heterocycles. The van der Waals surface area contributed by atoms with Gasteiger partial charge in [0, 0.05) is 6.20 Å². The van der Waals surface area contributed by atoms with E-state index in [0.29, 0.717) is 24.6 Å². The number of halogens is 1. The molecule has 0 saturated carbocycles. The molecule has 3 rings (SSSR count). The summed E-state index contributed by atoms with van der Waals surface area (Å²) in [6.45, 7) is 0.799. The smallest absolute Gasteiger partial charge is 0.261 e. The van der Waals surface area contributed by atoms with Crippen LogP contribution in [0.5, 0.6) is 5.75 Å². The summed E-state index contributed by atoms with van der Waals surface area (Å²) in [5.41, 5.74) is 0.682. The quantitative estimate of drug-likeness (QED) is 0.788. The number of hydrogen-bond donors (Lipinski definition) is 0. The molecule has 0 N–H and O–H groups in total. The van der Waals surface area contributed by atoms with E-state index in [0.717, 1.165) is 6.20 Å². The van der Waals surface area contributed by atoms with Crippen LogP contribution in [-0.2, 0) is 0 Å². The molecule has 0 saturated heterocycles. The first-order chi connectivity index (χ1) is 9.27. The van der Waals surface area contributed by atoms with Gasteiger partial charge in [-0.05, 0) is 18.2 Å². The second kappa shape index (κ2) is 4.68. The lowest BCUT2D eigenvalue weighted by Gasteiger charge is -2.29. The van der Waals surface area contributed by atoms with Gasteiger partial charge in [-0.15, -0.1) is 0 Å². The highest BCUT2D eigenvalue weighted by Gasteiger charge is 2.25. The molecule has 2 aromatic rings. The molecule has 1 aliphatic rings. The molecule has 96 valence electrons. The van der Waals surface area contributed by atoms with E-state index in [1.54, 1.807) is 12.1 Å². The van der Waals surface area contributed by atoms with Crippen LogP contribution in [-0.4, -0.2) is 24.0 Å². The third-order valence-electron chi connectivity index (χ3n) is 2.98. The molecule has 0 bridgehead atoms. The standard InChI is InChI=1S/C14H11FN2O2/c15-11-9-16-6-5-10(11)14(18)17-7-8-19-13-4-2-1-3-12(13)17/h1-6,9H,7-8H2. The van der Waals surface area contributed by atoms with Crippen molar-refractivity contribution in [3.8, 4) is 5.75 Å². The van der Waals surface area contributed by atoms with Crippen LogP contribution < -0.4 is 9.64 Å². The number of carbonyl (C=O) groups excluding carboxylic acids is 1. The summed E-state index contributed by atoms with van der Waals surface area (Å²) >= 11 is 0. The van der Waals surface area contributed by atoms with Crippen molar-refractivity contribution in [2.75, 3.05) is 18.1 Å². The lowest BCUT2D eigenvalue weighted by Crippen LogP contribution is -2.38. The summed E-state index contributed by atoms with van der Waals surface area (Å²) in [5.74, 6) is -0.358. The molecule has 0 radical (unpaired) electrons.